The minimum Gasteiger partial charge on any atom is -0.544 e. The number of alkyl halides is 2. The van der Waals surface area contributed by atoms with Crippen LogP contribution in [-0.2, 0) is 19.0 Å². The summed E-state index contributed by atoms with van der Waals surface area (Å²) in [5.41, 5.74) is -0.0304. The maximum atomic E-state index is 12.8. The first-order valence-corrected chi connectivity index (χ1v) is 7.18. The number of rotatable bonds is 8. The summed E-state index contributed by atoms with van der Waals surface area (Å²) < 4.78 is 39.9. The molecule has 7 nitrogen and oxygen atoms in total. The molecule has 1 atom stereocenters. The van der Waals surface area contributed by atoms with Crippen molar-refractivity contribution in [3.8, 4) is 0 Å². The zero-order chi connectivity index (χ0) is 19.2. The van der Waals surface area contributed by atoms with Crippen LogP contribution < -0.4 is 5.11 Å². The van der Waals surface area contributed by atoms with Gasteiger partial charge in [0.2, 0.25) is 6.29 Å². The molecular weight excluding hydrogens is 342 g/mol. The van der Waals surface area contributed by atoms with Gasteiger partial charge in [0, 0.05) is 13.0 Å². The van der Waals surface area contributed by atoms with Gasteiger partial charge in [-0.15, -0.1) is 0 Å². The molecular formula is C16H17F2O7-. The summed E-state index contributed by atoms with van der Waals surface area (Å²) in [6, 6.07) is 4.80. The zero-order valence-electron chi connectivity index (χ0n) is 13.8. The monoisotopic (exact) mass is 359 g/mol. The molecule has 0 saturated heterocycles. The van der Waals surface area contributed by atoms with Crippen molar-refractivity contribution in [3.05, 3.63) is 35.4 Å². The average molecular weight is 359 g/mol. The van der Waals surface area contributed by atoms with E-state index in [2.05, 4.69) is 4.74 Å². The molecule has 25 heavy (non-hydrogen) atoms. The minimum absolute atomic E-state index is 0.0754. The molecule has 0 aliphatic carbocycles. The third-order valence-corrected chi connectivity index (χ3v) is 3.04. The highest BCUT2D eigenvalue weighted by atomic mass is 19.3. The lowest BCUT2D eigenvalue weighted by atomic mass is 10.1. The molecule has 0 bridgehead atoms. The van der Waals surface area contributed by atoms with Crippen LogP contribution in [0.15, 0.2) is 24.3 Å². The van der Waals surface area contributed by atoms with Crippen molar-refractivity contribution < 1.29 is 42.5 Å². The fraction of sp³-hybridized carbons (Fsp3) is 0.438. The number of benzene rings is 1. The lowest BCUT2D eigenvalue weighted by Crippen LogP contribution is -2.45. The molecule has 138 valence electrons. The maximum absolute atomic E-state index is 12.8. The summed E-state index contributed by atoms with van der Waals surface area (Å²) in [4.78, 5) is 33.7. The van der Waals surface area contributed by atoms with Gasteiger partial charge in [-0.25, -0.2) is 9.59 Å². The van der Waals surface area contributed by atoms with Crippen LogP contribution in [0, 0.1) is 5.92 Å². The molecule has 0 heterocycles. The smallest absolute Gasteiger partial charge is 0.340 e. The molecule has 0 saturated carbocycles. The number of aliphatic carboxylic acids is 1. The molecule has 1 unspecified atom stereocenters. The lowest BCUT2D eigenvalue weighted by molar-refractivity contribution is -0.331. The van der Waals surface area contributed by atoms with Crippen molar-refractivity contribution in [2.75, 3.05) is 13.7 Å². The number of hydrogen-bond acceptors (Lipinski definition) is 7. The van der Waals surface area contributed by atoms with Crippen LogP contribution in [0.4, 0.5) is 8.78 Å². The van der Waals surface area contributed by atoms with Gasteiger partial charge in [-0.3, -0.25) is 0 Å². The Morgan fingerprint density at radius 3 is 1.96 bits per heavy atom. The highest BCUT2D eigenvalue weighted by molar-refractivity contribution is 5.93. The van der Waals surface area contributed by atoms with E-state index in [1.807, 2.05) is 0 Å². The van der Waals surface area contributed by atoms with Crippen LogP contribution in [-0.4, -0.2) is 43.8 Å². The second-order valence-electron chi connectivity index (χ2n) is 5.40. The van der Waals surface area contributed by atoms with Gasteiger partial charge in [-0.2, -0.15) is 8.78 Å². The third-order valence-electron chi connectivity index (χ3n) is 3.04. The fourth-order valence-corrected chi connectivity index (χ4v) is 1.67. The maximum Gasteiger partial charge on any atom is 0.340 e. The van der Waals surface area contributed by atoms with Crippen LogP contribution in [0.25, 0.3) is 0 Å². The Kier molecular flexibility index (Phi) is 6.98. The van der Waals surface area contributed by atoms with Gasteiger partial charge in [0.25, 0.3) is 0 Å². The van der Waals surface area contributed by atoms with Gasteiger partial charge in [-0.05, 0) is 24.3 Å². The first-order chi connectivity index (χ1) is 11.6. The van der Waals surface area contributed by atoms with Gasteiger partial charge in [0.05, 0.1) is 11.1 Å². The Balaban J connectivity index is 2.71. The summed E-state index contributed by atoms with van der Waals surface area (Å²) >= 11 is 0. The first-order valence-electron chi connectivity index (χ1n) is 7.18. The summed E-state index contributed by atoms with van der Waals surface area (Å²) in [7, 11) is 1.39. The van der Waals surface area contributed by atoms with Crippen LogP contribution in [0.2, 0.25) is 0 Å². The number of ether oxygens (including phenoxy) is 3. The molecule has 0 fully saturated rings. The highest BCUT2D eigenvalue weighted by Gasteiger charge is 2.33. The predicted molar refractivity (Wildman–Crippen MR) is 77.7 cm³/mol. The van der Waals surface area contributed by atoms with Gasteiger partial charge in [0.1, 0.15) is 5.97 Å². The largest absolute Gasteiger partial charge is 0.544 e. The summed E-state index contributed by atoms with van der Waals surface area (Å²) in [5.74, 6) is -8.86. The van der Waals surface area contributed by atoms with Crippen LogP contribution in [0.1, 0.15) is 34.6 Å². The molecule has 1 aromatic rings. The molecule has 0 N–H and O–H groups in total. The third kappa shape index (κ3) is 5.79. The Bertz CT molecular complexity index is 626. The van der Waals surface area contributed by atoms with Crippen molar-refractivity contribution >= 4 is 17.9 Å². The number of carboxylic acid groups (broad SMARTS) is 1. The van der Waals surface area contributed by atoms with Crippen molar-refractivity contribution in [1.29, 1.82) is 0 Å². The molecule has 1 rings (SSSR count). The molecule has 0 amide bonds. The van der Waals surface area contributed by atoms with Crippen molar-refractivity contribution in [2.24, 2.45) is 5.92 Å². The van der Waals surface area contributed by atoms with E-state index in [1.54, 1.807) is 13.8 Å². The van der Waals surface area contributed by atoms with E-state index in [9.17, 15) is 28.3 Å². The lowest BCUT2D eigenvalue weighted by Gasteiger charge is -2.19. The van der Waals surface area contributed by atoms with Crippen LogP contribution in [0.3, 0.4) is 0 Å². The Morgan fingerprint density at radius 1 is 1.08 bits per heavy atom. The summed E-state index contributed by atoms with van der Waals surface area (Å²) in [5, 5.41) is 10.1. The molecule has 0 aliphatic heterocycles. The van der Waals surface area contributed by atoms with Gasteiger partial charge < -0.3 is 24.1 Å². The number of carbonyl (C=O) groups is 3. The summed E-state index contributed by atoms with van der Waals surface area (Å²) in [6.07, 6.45) is -0.746. The Morgan fingerprint density at radius 2 is 1.56 bits per heavy atom. The highest BCUT2D eigenvalue weighted by Crippen LogP contribution is 2.15. The van der Waals surface area contributed by atoms with Crippen LogP contribution >= 0.6 is 0 Å². The quantitative estimate of drug-likeness (QED) is 0.504. The number of halogens is 2. The number of hydrogen-bond donors (Lipinski definition) is 0. The Labute approximate surface area is 142 Å². The fourth-order valence-electron chi connectivity index (χ4n) is 1.67. The van der Waals surface area contributed by atoms with E-state index in [0.29, 0.717) is 0 Å². The molecule has 0 radical (unpaired) electrons. The molecule has 9 heteroatoms. The number of carboxylic acids is 1. The van der Waals surface area contributed by atoms with Gasteiger partial charge in [-0.1, -0.05) is 13.8 Å². The normalized spacial score (nSPS) is 12.6. The minimum atomic E-state index is -4.29. The SMILES string of the molecule is COC(OC(=O)c1ccc(C(=O)OCC(F)(F)C(=O)[O-])cc1)C(C)C. The number of carbonyl (C=O) groups excluding carboxylic acids is 3. The number of esters is 2. The standard InChI is InChI=1S/C16H18F2O7/c1-9(2)14(23-3)25-13(20)11-6-4-10(5-7-11)12(19)24-8-16(17,18)15(21)22/h4-7,9,14H,8H2,1-3H3,(H,21,22)/p-1. The second-order valence-corrected chi connectivity index (χ2v) is 5.40. The summed E-state index contributed by atoms with van der Waals surface area (Å²) in [6.45, 7) is 1.94. The molecule has 1 aromatic carbocycles. The Hall–Kier alpha value is -2.55. The zero-order valence-corrected chi connectivity index (χ0v) is 13.8. The van der Waals surface area contributed by atoms with E-state index in [4.69, 9.17) is 9.47 Å². The topological polar surface area (TPSA) is 102 Å². The van der Waals surface area contributed by atoms with E-state index in [0.717, 1.165) is 12.1 Å². The van der Waals surface area contributed by atoms with Gasteiger partial charge >= 0.3 is 17.9 Å². The molecule has 0 aliphatic rings. The molecule has 0 spiro atoms. The second kappa shape index (κ2) is 8.52. The van der Waals surface area contributed by atoms with Gasteiger partial charge in [0.15, 0.2) is 6.61 Å². The van der Waals surface area contributed by atoms with E-state index in [-0.39, 0.29) is 17.0 Å². The average Bonchev–Trinajstić information content (AvgIpc) is 2.57. The van der Waals surface area contributed by atoms with E-state index < -0.39 is 36.7 Å². The van der Waals surface area contributed by atoms with E-state index in [1.165, 1.54) is 19.2 Å². The van der Waals surface area contributed by atoms with Crippen molar-refractivity contribution in [2.45, 2.75) is 26.1 Å². The van der Waals surface area contributed by atoms with Crippen molar-refractivity contribution in [1.82, 2.24) is 0 Å². The van der Waals surface area contributed by atoms with Crippen LogP contribution in [0.5, 0.6) is 0 Å². The predicted octanol–water partition coefficient (Wildman–Crippen LogP) is 1.01. The molecule has 0 aromatic heterocycles. The first kappa shape index (κ1) is 20.5. The van der Waals surface area contributed by atoms with Crippen molar-refractivity contribution in [3.63, 3.8) is 0 Å². The van der Waals surface area contributed by atoms with E-state index >= 15 is 0 Å². The number of methoxy groups -OCH3 is 1.